The fourth-order valence-corrected chi connectivity index (χ4v) is 2.86. The molecule has 1 heterocycles. The number of ether oxygens (including phenoxy) is 1. The summed E-state index contributed by atoms with van der Waals surface area (Å²) in [5.74, 6) is 0.413. The Morgan fingerprint density at radius 2 is 2.10 bits per heavy atom. The number of amides is 1. The van der Waals surface area contributed by atoms with Crippen LogP contribution >= 0.6 is 11.6 Å². The zero-order chi connectivity index (χ0) is 14.8. The van der Waals surface area contributed by atoms with Crippen LogP contribution in [-0.4, -0.2) is 41.5 Å². The van der Waals surface area contributed by atoms with Crippen LogP contribution in [0.1, 0.15) is 32.3 Å². The van der Waals surface area contributed by atoms with Crippen LogP contribution in [-0.2, 0) is 9.53 Å². The van der Waals surface area contributed by atoms with Crippen LogP contribution in [0, 0.1) is 0 Å². The molecular weight excluding hydrogens is 274 g/mol. The Balaban J connectivity index is 2.12. The van der Waals surface area contributed by atoms with Crippen LogP contribution in [0.2, 0.25) is 0 Å². The van der Waals surface area contributed by atoms with Gasteiger partial charge in [-0.2, -0.15) is 0 Å². The number of hydrogen-bond donors (Lipinski definition) is 0. The predicted molar refractivity (Wildman–Crippen MR) is 81.1 cm³/mol. The van der Waals surface area contributed by atoms with E-state index in [1.165, 1.54) is 0 Å². The molecule has 1 aromatic carbocycles. The van der Waals surface area contributed by atoms with E-state index in [0.29, 0.717) is 19.0 Å². The number of hydrogen-bond acceptors (Lipinski definition) is 2. The third-order valence-electron chi connectivity index (χ3n) is 3.64. The van der Waals surface area contributed by atoms with Gasteiger partial charge in [-0.25, -0.2) is 0 Å². The first-order valence-electron chi connectivity index (χ1n) is 7.00. The van der Waals surface area contributed by atoms with Gasteiger partial charge in [0.25, 0.3) is 0 Å². The highest BCUT2D eigenvalue weighted by Gasteiger charge is 2.36. The van der Waals surface area contributed by atoms with Crippen molar-refractivity contribution < 1.29 is 9.53 Å². The van der Waals surface area contributed by atoms with Gasteiger partial charge < -0.3 is 9.64 Å². The average molecular weight is 296 g/mol. The smallest absolute Gasteiger partial charge is 0.230 e. The maximum Gasteiger partial charge on any atom is 0.230 e. The molecule has 1 aromatic rings. The number of nitrogens with zero attached hydrogens (tertiary/aromatic N) is 1. The molecule has 0 aliphatic carbocycles. The molecule has 2 rings (SSSR count). The fraction of sp³-hybridized carbons (Fsp3) is 0.562. The van der Waals surface area contributed by atoms with Gasteiger partial charge in [0.2, 0.25) is 5.91 Å². The molecule has 1 fully saturated rings. The van der Waals surface area contributed by atoms with Crippen molar-refractivity contribution in [1.29, 1.82) is 0 Å². The Labute approximate surface area is 125 Å². The standard InChI is InChI=1S/C16H22ClNO2/c1-12(13-7-5-4-6-8-13)15(19)18-10-14(9-17)20-16(2,3)11-18/h4-8,12,14H,9-11H2,1-3H3. The Morgan fingerprint density at radius 1 is 1.45 bits per heavy atom. The summed E-state index contributed by atoms with van der Waals surface area (Å²) in [6.07, 6.45) is -0.0904. The summed E-state index contributed by atoms with van der Waals surface area (Å²) in [4.78, 5) is 14.6. The highest BCUT2D eigenvalue weighted by Crippen LogP contribution is 2.25. The van der Waals surface area contributed by atoms with Gasteiger partial charge in [0, 0.05) is 13.1 Å². The zero-order valence-corrected chi connectivity index (χ0v) is 13.1. The summed E-state index contributed by atoms with van der Waals surface area (Å²) in [6.45, 7) is 7.13. The maximum absolute atomic E-state index is 12.7. The minimum Gasteiger partial charge on any atom is -0.367 e. The van der Waals surface area contributed by atoms with Crippen LogP contribution < -0.4 is 0 Å². The third-order valence-corrected chi connectivity index (χ3v) is 3.98. The molecule has 2 atom stereocenters. The number of carbonyl (C=O) groups excluding carboxylic acids is 1. The van der Waals surface area contributed by atoms with Crippen LogP contribution in [0.25, 0.3) is 0 Å². The first kappa shape index (κ1) is 15.3. The molecule has 0 aromatic heterocycles. The van der Waals surface area contributed by atoms with Crippen LogP contribution in [0.5, 0.6) is 0 Å². The normalized spacial score (nSPS) is 23.4. The van der Waals surface area contributed by atoms with Gasteiger partial charge in [-0.3, -0.25) is 4.79 Å². The van der Waals surface area contributed by atoms with Crippen molar-refractivity contribution in [1.82, 2.24) is 4.90 Å². The molecule has 0 bridgehead atoms. The average Bonchev–Trinajstić information content (AvgIpc) is 2.44. The lowest BCUT2D eigenvalue weighted by molar-refractivity contribution is -0.158. The van der Waals surface area contributed by atoms with E-state index in [1.54, 1.807) is 0 Å². The van der Waals surface area contributed by atoms with Crippen molar-refractivity contribution in [3.8, 4) is 0 Å². The van der Waals surface area contributed by atoms with Gasteiger partial charge in [0.05, 0.1) is 23.5 Å². The van der Waals surface area contributed by atoms with E-state index in [-0.39, 0.29) is 23.5 Å². The minimum atomic E-state index is -0.343. The molecule has 3 nitrogen and oxygen atoms in total. The molecule has 1 aliphatic heterocycles. The number of halogens is 1. The van der Waals surface area contributed by atoms with Crippen molar-refractivity contribution in [3.63, 3.8) is 0 Å². The molecule has 1 saturated heterocycles. The summed E-state index contributed by atoms with van der Waals surface area (Å²) in [7, 11) is 0. The maximum atomic E-state index is 12.7. The molecule has 0 spiro atoms. The third kappa shape index (κ3) is 3.53. The largest absolute Gasteiger partial charge is 0.367 e. The number of benzene rings is 1. The monoisotopic (exact) mass is 295 g/mol. The minimum absolute atomic E-state index is 0.0904. The van der Waals surface area contributed by atoms with E-state index in [2.05, 4.69) is 0 Å². The Kier molecular flexibility index (Phi) is 4.71. The van der Waals surface area contributed by atoms with E-state index in [4.69, 9.17) is 16.3 Å². The van der Waals surface area contributed by atoms with Gasteiger partial charge in [0.15, 0.2) is 0 Å². The second-order valence-corrected chi connectivity index (χ2v) is 6.31. The van der Waals surface area contributed by atoms with Crippen LogP contribution in [0.4, 0.5) is 0 Å². The molecule has 0 saturated carbocycles. The molecule has 4 heteroatoms. The number of rotatable bonds is 3. The van der Waals surface area contributed by atoms with Crippen molar-refractivity contribution in [3.05, 3.63) is 35.9 Å². The second-order valence-electron chi connectivity index (χ2n) is 6.00. The Bertz CT molecular complexity index is 461. The van der Waals surface area contributed by atoms with Gasteiger partial charge in [-0.1, -0.05) is 30.3 Å². The van der Waals surface area contributed by atoms with E-state index in [0.717, 1.165) is 5.56 Å². The molecule has 1 aliphatic rings. The Hall–Kier alpha value is -1.06. The lowest BCUT2D eigenvalue weighted by atomic mass is 9.97. The quantitative estimate of drug-likeness (QED) is 0.802. The highest BCUT2D eigenvalue weighted by molar-refractivity contribution is 6.18. The summed E-state index contributed by atoms with van der Waals surface area (Å²) in [5, 5.41) is 0. The van der Waals surface area contributed by atoms with Gasteiger partial charge in [-0.05, 0) is 26.3 Å². The van der Waals surface area contributed by atoms with E-state index < -0.39 is 0 Å². The highest BCUT2D eigenvalue weighted by atomic mass is 35.5. The molecule has 2 unspecified atom stereocenters. The SMILES string of the molecule is CC(C(=O)N1CC(CCl)OC(C)(C)C1)c1ccccc1. The van der Waals surface area contributed by atoms with Crippen molar-refractivity contribution >= 4 is 17.5 Å². The predicted octanol–water partition coefficient (Wildman–Crippen LogP) is 3.03. The van der Waals surface area contributed by atoms with E-state index in [9.17, 15) is 4.79 Å². The summed E-state index contributed by atoms with van der Waals surface area (Å²) >= 11 is 5.91. The fourth-order valence-electron chi connectivity index (χ4n) is 2.70. The molecule has 0 N–H and O–H groups in total. The summed E-state index contributed by atoms with van der Waals surface area (Å²) in [6, 6.07) is 9.87. The first-order valence-corrected chi connectivity index (χ1v) is 7.54. The number of carbonyl (C=O) groups is 1. The van der Waals surface area contributed by atoms with Crippen LogP contribution in [0.3, 0.4) is 0 Å². The van der Waals surface area contributed by atoms with E-state index >= 15 is 0 Å². The zero-order valence-electron chi connectivity index (χ0n) is 12.3. The molecule has 1 amide bonds. The van der Waals surface area contributed by atoms with Crippen molar-refractivity contribution in [2.75, 3.05) is 19.0 Å². The molecule has 110 valence electrons. The first-order chi connectivity index (χ1) is 9.43. The van der Waals surface area contributed by atoms with E-state index in [1.807, 2.05) is 56.0 Å². The lowest BCUT2D eigenvalue weighted by Crippen LogP contribution is -2.55. The Morgan fingerprint density at radius 3 is 2.70 bits per heavy atom. The number of alkyl halides is 1. The second kappa shape index (κ2) is 6.15. The molecular formula is C16H22ClNO2. The summed E-state index contributed by atoms with van der Waals surface area (Å²) < 4.78 is 5.86. The van der Waals surface area contributed by atoms with Gasteiger partial charge in [0.1, 0.15) is 0 Å². The topological polar surface area (TPSA) is 29.5 Å². The summed E-state index contributed by atoms with van der Waals surface area (Å²) in [5.41, 5.74) is 0.702. The van der Waals surface area contributed by atoms with Crippen LogP contribution in [0.15, 0.2) is 30.3 Å². The van der Waals surface area contributed by atoms with Crippen molar-refractivity contribution in [2.24, 2.45) is 0 Å². The molecule has 0 radical (unpaired) electrons. The van der Waals surface area contributed by atoms with Crippen molar-refractivity contribution in [2.45, 2.75) is 38.4 Å². The molecule has 20 heavy (non-hydrogen) atoms. The van der Waals surface area contributed by atoms with Gasteiger partial charge >= 0.3 is 0 Å². The van der Waals surface area contributed by atoms with Gasteiger partial charge in [-0.15, -0.1) is 11.6 Å². The number of morpholine rings is 1. The lowest BCUT2D eigenvalue weighted by Gasteiger charge is -2.43.